The molecule has 2 aromatic heterocycles. The smallest absolute Gasteiger partial charge is 0.273 e. The average Bonchev–Trinajstić information content (AvgIpc) is 3.25. The van der Waals surface area contributed by atoms with Crippen LogP contribution < -0.4 is 0 Å². The molecular weight excluding hydrogens is 354 g/mol. The minimum atomic E-state index is -0.0931. The minimum absolute atomic E-state index is 0.0353. The van der Waals surface area contributed by atoms with E-state index in [1.807, 2.05) is 36.1 Å². The number of rotatable bonds is 3. The molecule has 1 aromatic carbocycles. The fourth-order valence-electron chi connectivity index (χ4n) is 4.05. The van der Waals surface area contributed by atoms with Crippen molar-refractivity contribution in [2.45, 2.75) is 19.5 Å². The molecule has 7 heteroatoms. The van der Waals surface area contributed by atoms with Crippen LogP contribution in [-0.4, -0.2) is 55.9 Å². The van der Waals surface area contributed by atoms with E-state index in [0.29, 0.717) is 25.3 Å². The van der Waals surface area contributed by atoms with Crippen LogP contribution in [0.15, 0.2) is 43.1 Å². The van der Waals surface area contributed by atoms with Crippen LogP contribution in [0.4, 0.5) is 0 Å². The van der Waals surface area contributed by atoms with Gasteiger partial charge in [0.05, 0.1) is 23.4 Å². The van der Waals surface area contributed by atoms with Gasteiger partial charge in [-0.2, -0.15) is 5.10 Å². The van der Waals surface area contributed by atoms with Crippen molar-refractivity contribution in [3.8, 4) is 11.3 Å². The molecule has 0 aliphatic carbocycles. The molecule has 4 heterocycles. The lowest BCUT2D eigenvalue weighted by atomic mass is 10.00. The van der Waals surface area contributed by atoms with Crippen molar-refractivity contribution in [3.05, 3.63) is 59.9 Å². The third-order valence-corrected chi connectivity index (χ3v) is 5.66. The summed E-state index contributed by atoms with van der Waals surface area (Å²) >= 11 is 0. The maximum atomic E-state index is 13.0. The second kappa shape index (κ2) is 6.02. The Kier molecular flexibility index (Phi) is 3.58. The Balaban J connectivity index is 1.46. The highest BCUT2D eigenvalue weighted by Crippen LogP contribution is 2.33. The lowest BCUT2D eigenvalue weighted by Crippen LogP contribution is -2.60. The topological polar surface area (TPSA) is 82.2 Å². The molecule has 2 aliphatic rings. The van der Waals surface area contributed by atoms with E-state index >= 15 is 0 Å². The number of aryl methyl sites for hydroxylation is 1. The first-order valence-electron chi connectivity index (χ1n) is 9.22. The van der Waals surface area contributed by atoms with Gasteiger partial charge in [0.1, 0.15) is 5.69 Å². The monoisotopic (exact) mass is 373 g/mol. The molecule has 3 aromatic rings. The summed E-state index contributed by atoms with van der Waals surface area (Å²) in [6.07, 6.45) is 3.10. The average molecular weight is 373 g/mol. The molecule has 2 amide bonds. The Morgan fingerprint density at radius 2 is 2.11 bits per heavy atom. The van der Waals surface area contributed by atoms with Crippen molar-refractivity contribution in [2.24, 2.45) is 0 Å². The molecule has 0 bridgehead atoms. The molecule has 1 saturated heterocycles. The number of hydrogen-bond acceptors (Lipinski definition) is 4. The highest BCUT2D eigenvalue weighted by molar-refractivity contribution is 5.99. The number of nitrogens with one attached hydrogen (secondary N) is 1. The van der Waals surface area contributed by atoms with Gasteiger partial charge in [-0.1, -0.05) is 18.7 Å². The predicted octanol–water partition coefficient (Wildman–Crippen LogP) is 2.29. The maximum absolute atomic E-state index is 13.0. The van der Waals surface area contributed by atoms with Gasteiger partial charge in [0.25, 0.3) is 5.91 Å². The third-order valence-electron chi connectivity index (χ3n) is 5.66. The number of pyridine rings is 1. The number of aromatic nitrogens is 3. The first-order valence-corrected chi connectivity index (χ1v) is 9.22. The maximum Gasteiger partial charge on any atom is 0.273 e. The number of benzene rings is 1. The second-order valence-electron chi connectivity index (χ2n) is 7.33. The number of hydrogen-bond donors (Lipinski definition) is 1. The summed E-state index contributed by atoms with van der Waals surface area (Å²) in [4.78, 5) is 32.9. The van der Waals surface area contributed by atoms with Crippen LogP contribution >= 0.6 is 0 Å². The van der Waals surface area contributed by atoms with Crippen molar-refractivity contribution in [1.82, 2.24) is 25.0 Å². The van der Waals surface area contributed by atoms with E-state index in [1.54, 1.807) is 11.1 Å². The summed E-state index contributed by atoms with van der Waals surface area (Å²) < 4.78 is 0. The van der Waals surface area contributed by atoms with E-state index in [0.717, 1.165) is 33.3 Å². The molecule has 140 valence electrons. The summed E-state index contributed by atoms with van der Waals surface area (Å²) in [6.45, 7) is 7.17. The zero-order valence-electron chi connectivity index (χ0n) is 15.5. The van der Waals surface area contributed by atoms with Crippen molar-refractivity contribution >= 4 is 22.7 Å². The molecule has 1 fully saturated rings. The highest BCUT2D eigenvalue weighted by Gasteiger charge is 2.41. The van der Waals surface area contributed by atoms with E-state index in [2.05, 4.69) is 16.8 Å². The molecular formula is C21H19N5O2. The number of carbonyl (C=O) groups excluding carboxylic acids is 2. The van der Waals surface area contributed by atoms with Gasteiger partial charge in [0, 0.05) is 36.1 Å². The summed E-state index contributed by atoms with van der Waals surface area (Å²) in [5.41, 5.74) is 5.23. The van der Waals surface area contributed by atoms with Crippen LogP contribution in [0.1, 0.15) is 21.6 Å². The summed E-state index contributed by atoms with van der Waals surface area (Å²) in [7, 11) is 0. The quantitative estimate of drug-likeness (QED) is 0.714. The fourth-order valence-corrected chi connectivity index (χ4v) is 4.05. The van der Waals surface area contributed by atoms with Crippen molar-refractivity contribution in [2.75, 3.05) is 13.1 Å². The first-order chi connectivity index (χ1) is 13.6. The van der Waals surface area contributed by atoms with Crippen LogP contribution in [0.3, 0.4) is 0 Å². The van der Waals surface area contributed by atoms with Gasteiger partial charge < -0.3 is 9.80 Å². The van der Waals surface area contributed by atoms with E-state index in [1.165, 1.54) is 6.08 Å². The number of aromatic amines is 1. The van der Waals surface area contributed by atoms with E-state index in [4.69, 9.17) is 4.98 Å². The van der Waals surface area contributed by atoms with Gasteiger partial charge in [0.2, 0.25) is 5.91 Å². The SMILES string of the molecule is C=CC(=O)N1CC(N2Cc3ccc(-c4c(C)ccc5[nH]ncc45)nc3C2=O)C1. The number of amides is 2. The van der Waals surface area contributed by atoms with Crippen molar-refractivity contribution < 1.29 is 9.59 Å². The van der Waals surface area contributed by atoms with Gasteiger partial charge in [-0.3, -0.25) is 14.7 Å². The van der Waals surface area contributed by atoms with Crippen molar-refractivity contribution in [1.29, 1.82) is 0 Å². The van der Waals surface area contributed by atoms with Crippen LogP contribution in [-0.2, 0) is 11.3 Å². The van der Waals surface area contributed by atoms with Gasteiger partial charge in [-0.15, -0.1) is 0 Å². The fraction of sp³-hybridized carbons (Fsp3) is 0.238. The summed E-state index contributed by atoms with van der Waals surface area (Å²) in [5, 5.41) is 8.11. The van der Waals surface area contributed by atoms with Crippen LogP contribution in [0.5, 0.6) is 0 Å². The minimum Gasteiger partial charge on any atom is -0.335 e. The molecule has 0 atom stereocenters. The lowest BCUT2D eigenvalue weighted by molar-refractivity contribution is -0.132. The van der Waals surface area contributed by atoms with Gasteiger partial charge in [-0.05, 0) is 30.7 Å². The molecule has 0 radical (unpaired) electrons. The van der Waals surface area contributed by atoms with Gasteiger partial charge in [-0.25, -0.2) is 4.98 Å². The van der Waals surface area contributed by atoms with E-state index < -0.39 is 0 Å². The predicted molar refractivity (Wildman–Crippen MR) is 105 cm³/mol. The Hall–Kier alpha value is -3.48. The zero-order valence-corrected chi connectivity index (χ0v) is 15.5. The normalized spacial score (nSPS) is 16.4. The Labute approximate surface area is 161 Å². The number of carbonyl (C=O) groups is 2. The van der Waals surface area contributed by atoms with Crippen LogP contribution in [0, 0.1) is 6.92 Å². The molecule has 0 saturated carbocycles. The molecule has 7 nitrogen and oxygen atoms in total. The number of H-pyrrole nitrogens is 1. The van der Waals surface area contributed by atoms with Crippen LogP contribution in [0.2, 0.25) is 0 Å². The molecule has 28 heavy (non-hydrogen) atoms. The molecule has 0 unspecified atom stereocenters. The third kappa shape index (κ3) is 2.36. The van der Waals surface area contributed by atoms with Crippen molar-refractivity contribution in [3.63, 3.8) is 0 Å². The van der Waals surface area contributed by atoms with Gasteiger partial charge in [0.15, 0.2) is 0 Å². The van der Waals surface area contributed by atoms with E-state index in [-0.39, 0.29) is 17.9 Å². The molecule has 0 spiro atoms. The second-order valence-corrected chi connectivity index (χ2v) is 7.33. The number of nitrogens with zero attached hydrogens (tertiary/aromatic N) is 4. The Bertz CT molecular complexity index is 1140. The summed E-state index contributed by atoms with van der Waals surface area (Å²) in [5.74, 6) is -0.158. The van der Waals surface area contributed by atoms with E-state index in [9.17, 15) is 9.59 Å². The Morgan fingerprint density at radius 1 is 1.29 bits per heavy atom. The standard InChI is InChI=1S/C21H19N5O2/c1-3-18(27)25-10-14(11-25)26-9-13-5-7-17(23-20(13)21(26)28)19-12(2)4-6-16-15(19)8-22-24-16/h3-8,14H,1,9-11H2,2H3,(H,22,24). The molecule has 5 rings (SSSR count). The first kappa shape index (κ1) is 16.7. The summed E-state index contributed by atoms with van der Waals surface area (Å²) in [6, 6.07) is 8.01. The number of likely N-dealkylation sites (tertiary alicyclic amines) is 1. The lowest BCUT2D eigenvalue weighted by Gasteiger charge is -2.43. The Morgan fingerprint density at radius 3 is 2.89 bits per heavy atom. The zero-order chi connectivity index (χ0) is 19.4. The molecule has 1 N–H and O–H groups in total. The molecule has 2 aliphatic heterocycles. The number of fused-ring (bicyclic) bond motifs is 2. The largest absolute Gasteiger partial charge is 0.335 e. The highest BCUT2D eigenvalue weighted by atomic mass is 16.2. The van der Waals surface area contributed by atoms with Crippen LogP contribution in [0.25, 0.3) is 22.2 Å². The van der Waals surface area contributed by atoms with Gasteiger partial charge >= 0.3 is 0 Å².